The van der Waals surface area contributed by atoms with Crippen LogP contribution in [0.5, 0.6) is 5.75 Å². The Morgan fingerprint density at radius 2 is 1.84 bits per heavy atom. The molecule has 0 fully saturated rings. The first-order valence-corrected chi connectivity index (χ1v) is 9.32. The minimum absolute atomic E-state index is 0.639. The molecule has 1 heterocycles. The van der Waals surface area contributed by atoms with Gasteiger partial charge in [0.1, 0.15) is 5.75 Å². The number of fused-ring (bicyclic) bond motifs is 1. The van der Waals surface area contributed by atoms with Crippen LogP contribution in [0, 0.1) is 0 Å². The number of nitrogens with one attached hydrogen (secondary N) is 1. The number of benzene rings is 2. The molecule has 3 rings (SSSR count). The molecule has 0 aliphatic heterocycles. The molecule has 2 aromatic carbocycles. The molecule has 3 nitrogen and oxygen atoms in total. The number of aromatic amines is 1. The zero-order valence-corrected chi connectivity index (χ0v) is 15.8. The summed E-state index contributed by atoms with van der Waals surface area (Å²) in [4.78, 5) is 3.49. The van der Waals surface area contributed by atoms with Crippen LogP contribution >= 0.6 is 23.2 Å². The Labute approximate surface area is 158 Å². The van der Waals surface area contributed by atoms with Gasteiger partial charge in [0.2, 0.25) is 0 Å². The molecule has 0 atom stereocenters. The Balaban J connectivity index is 2.08. The van der Waals surface area contributed by atoms with Gasteiger partial charge >= 0.3 is 0 Å². The minimum Gasteiger partial charge on any atom is -0.494 e. The average molecular weight is 377 g/mol. The highest BCUT2D eigenvalue weighted by molar-refractivity contribution is 6.38. The van der Waals surface area contributed by atoms with Crippen LogP contribution in [0.1, 0.15) is 25.3 Å². The molecule has 0 spiro atoms. The van der Waals surface area contributed by atoms with Gasteiger partial charge in [0, 0.05) is 16.1 Å². The van der Waals surface area contributed by atoms with E-state index in [1.54, 1.807) is 6.07 Å². The topological polar surface area (TPSA) is 51.0 Å². The summed E-state index contributed by atoms with van der Waals surface area (Å²) < 4.78 is 5.54. The Kier molecular flexibility index (Phi) is 5.89. The van der Waals surface area contributed by atoms with Crippen LogP contribution in [0.25, 0.3) is 22.2 Å². The highest BCUT2D eigenvalue weighted by Gasteiger charge is 2.16. The normalized spacial score (nSPS) is 11.2. The summed E-state index contributed by atoms with van der Waals surface area (Å²) in [5.41, 5.74) is 10.0. The minimum atomic E-state index is 0.639. The smallest absolute Gasteiger partial charge is 0.119 e. The van der Waals surface area contributed by atoms with Gasteiger partial charge in [0.15, 0.2) is 0 Å². The monoisotopic (exact) mass is 376 g/mol. The van der Waals surface area contributed by atoms with Gasteiger partial charge in [-0.3, -0.25) is 0 Å². The van der Waals surface area contributed by atoms with Gasteiger partial charge in [0.25, 0.3) is 0 Å². The third-order valence-corrected chi connectivity index (χ3v) is 4.78. The predicted octanol–water partition coefficient (Wildman–Crippen LogP) is 5.82. The molecule has 132 valence electrons. The SMILES string of the molecule is CCOc1ccc(-c2[nH]c3c(Cl)cc(Cl)cc3c2CCCCN)cc1. The lowest BCUT2D eigenvalue weighted by atomic mass is 10.0. The van der Waals surface area contributed by atoms with E-state index in [0.717, 1.165) is 47.2 Å². The van der Waals surface area contributed by atoms with E-state index in [2.05, 4.69) is 17.1 Å². The predicted molar refractivity (Wildman–Crippen MR) is 107 cm³/mol. The first-order chi connectivity index (χ1) is 12.1. The molecule has 5 heteroatoms. The Hall–Kier alpha value is -1.68. The fraction of sp³-hybridized carbons (Fsp3) is 0.300. The highest BCUT2D eigenvalue weighted by atomic mass is 35.5. The first kappa shape index (κ1) is 18.1. The van der Waals surface area contributed by atoms with Crippen LogP contribution in [0.2, 0.25) is 10.0 Å². The van der Waals surface area contributed by atoms with E-state index < -0.39 is 0 Å². The zero-order valence-electron chi connectivity index (χ0n) is 14.2. The van der Waals surface area contributed by atoms with Crippen LogP contribution in [0.3, 0.4) is 0 Å². The Morgan fingerprint density at radius 3 is 2.52 bits per heavy atom. The van der Waals surface area contributed by atoms with E-state index in [0.29, 0.717) is 23.2 Å². The van der Waals surface area contributed by atoms with Crippen LogP contribution < -0.4 is 10.5 Å². The molecule has 1 aromatic heterocycles. The molecular weight excluding hydrogens is 355 g/mol. The summed E-state index contributed by atoms with van der Waals surface area (Å²) in [7, 11) is 0. The van der Waals surface area contributed by atoms with Gasteiger partial charge in [-0.15, -0.1) is 0 Å². The number of H-pyrrole nitrogens is 1. The molecule has 3 N–H and O–H groups in total. The summed E-state index contributed by atoms with van der Waals surface area (Å²) in [6.07, 6.45) is 2.94. The molecule has 3 aromatic rings. The summed E-state index contributed by atoms with van der Waals surface area (Å²) in [6.45, 7) is 3.33. The molecule has 0 radical (unpaired) electrons. The maximum Gasteiger partial charge on any atom is 0.119 e. The average Bonchev–Trinajstić information content (AvgIpc) is 2.95. The summed E-state index contributed by atoms with van der Waals surface area (Å²) in [5.74, 6) is 0.869. The molecule has 0 aliphatic rings. The van der Waals surface area contributed by atoms with Crippen molar-refractivity contribution in [3.8, 4) is 17.0 Å². The summed E-state index contributed by atoms with van der Waals surface area (Å²) >= 11 is 12.6. The van der Waals surface area contributed by atoms with Crippen molar-refractivity contribution >= 4 is 34.1 Å². The van der Waals surface area contributed by atoms with Crippen LogP contribution in [0.4, 0.5) is 0 Å². The van der Waals surface area contributed by atoms with E-state index in [1.165, 1.54) is 5.56 Å². The van der Waals surface area contributed by atoms with Gasteiger partial charge < -0.3 is 15.5 Å². The van der Waals surface area contributed by atoms with E-state index in [-0.39, 0.29) is 0 Å². The van der Waals surface area contributed by atoms with Crippen molar-refractivity contribution < 1.29 is 4.74 Å². The van der Waals surface area contributed by atoms with E-state index in [1.807, 2.05) is 25.1 Å². The second-order valence-electron chi connectivity index (χ2n) is 5.99. The highest BCUT2D eigenvalue weighted by Crippen LogP contribution is 2.37. The first-order valence-electron chi connectivity index (χ1n) is 8.57. The molecule has 0 unspecified atom stereocenters. The third kappa shape index (κ3) is 3.95. The standard InChI is InChI=1S/C20H22Cl2N2O/c1-2-25-15-8-6-13(7-9-15)19-16(5-3-4-10-23)17-11-14(21)12-18(22)20(17)24-19/h6-9,11-12,24H,2-5,10,23H2,1H3. The van der Waals surface area contributed by atoms with Crippen LogP contribution in [0.15, 0.2) is 36.4 Å². The number of halogens is 2. The van der Waals surface area contributed by atoms with Crippen molar-refractivity contribution in [1.29, 1.82) is 0 Å². The van der Waals surface area contributed by atoms with E-state index in [9.17, 15) is 0 Å². The van der Waals surface area contributed by atoms with Gasteiger partial charge in [0.05, 0.1) is 17.1 Å². The second kappa shape index (κ2) is 8.13. The third-order valence-electron chi connectivity index (χ3n) is 4.27. The molecule has 0 saturated heterocycles. The van der Waals surface area contributed by atoms with Gasteiger partial charge in [-0.2, -0.15) is 0 Å². The number of unbranched alkanes of at least 4 members (excludes halogenated alkanes) is 1. The van der Waals surface area contributed by atoms with Crippen LogP contribution in [-0.4, -0.2) is 18.1 Å². The number of aromatic nitrogens is 1. The number of nitrogens with two attached hydrogens (primary N) is 1. The molecule has 0 bridgehead atoms. The number of rotatable bonds is 7. The number of hydrogen-bond acceptors (Lipinski definition) is 2. The van der Waals surface area contributed by atoms with Gasteiger partial charge in [-0.05, 0) is 80.3 Å². The van der Waals surface area contributed by atoms with Crippen molar-refractivity contribution in [2.45, 2.75) is 26.2 Å². The Morgan fingerprint density at radius 1 is 1.08 bits per heavy atom. The zero-order chi connectivity index (χ0) is 17.8. The molecule has 0 amide bonds. The summed E-state index contributed by atoms with van der Waals surface area (Å²) in [5, 5.41) is 2.37. The number of hydrogen-bond donors (Lipinski definition) is 2. The van der Waals surface area contributed by atoms with Crippen molar-refractivity contribution in [2.75, 3.05) is 13.2 Å². The fourth-order valence-electron chi connectivity index (χ4n) is 3.11. The Bertz CT molecular complexity index is 856. The van der Waals surface area contributed by atoms with Gasteiger partial charge in [-0.25, -0.2) is 0 Å². The van der Waals surface area contributed by atoms with E-state index >= 15 is 0 Å². The molecule has 0 aliphatic carbocycles. The lowest BCUT2D eigenvalue weighted by molar-refractivity contribution is 0.340. The fourth-order valence-corrected chi connectivity index (χ4v) is 3.65. The lowest BCUT2D eigenvalue weighted by Crippen LogP contribution is -1.99. The molecule has 0 saturated carbocycles. The number of ether oxygens (including phenoxy) is 1. The van der Waals surface area contributed by atoms with Crippen LogP contribution in [-0.2, 0) is 6.42 Å². The maximum atomic E-state index is 6.41. The van der Waals surface area contributed by atoms with Gasteiger partial charge in [-0.1, -0.05) is 23.2 Å². The van der Waals surface area contributed by atoms with Crippen molar-refractivity contribution in [2.24, 2.45) is 5.73 Å². The molecule has 25 heavy (non-hydrogen) atoms. The maximum absolute atomic E-state index is 6.41. The van der Waals surface area contributed by atoms with Crippen molar-refractivity contribution in [1.82, 2.24) is 4.98 Å². The summed E-state index contributed by atoms with van der Waals surface area (Å²) in [6, 6.07) is 11.9. The number of aryl methyl sites for hydroxylation is 1. The van der Waals surface area contributed by atoms with E-state index in [4.69, 9.17) is 33.7 Å². The second-order valence-corrected chi connectivity index (χ2v) is 6.84. The van der Waals surface area contributed by atoms with Crippen molar-refractivity contribution in [3.63, 3.8) is 0 Å². The molecular formula is C20H22Cl2N2O. The van der Waals surface area contributed by atoms with Crippen molar-refractivity contribution in [3.05, 3.63) is 52.0 Å². The largest absolute Gasteiger partial charge is 0.494 e. The quantitative estimate of drug-likeness (QED) is 0.510. The lowest BCUT2D eigenvalue weighted by Gasteiger charge is -2.07.